The highest BCUT2D eigenvalue weighted by molar-refractivity contribution is 7.80. The lowest BCUT2D eigenvalue weighted by Gasteiger charge is -2.15. The predicted octanol–water partition coefficient (Wildman–Crippen LogP) is 3.91. The molecule has 0 radical (unpaired) electrons. The van der Waals surface area contributed by atoms with E-state index in [4.69, 9.17) is 23.8 Å². The maximum absolute atomic E-state index is 12.6. The molecule has 1 amide bonds. The van der Waals surface area contributed by atoms with Gasteiger partial charge in [-0.3, -0.25) is 9.69 Å². The Balaban J connectivity index is 1.99. The van der Waals surface area contributed by atoms with E-state index >= 15 is 0 Å². The molecule has 1 saturated heterocycles. The van der Waals surface area contributed by atoms with Crippen LogP contribution in [0.25, 0.3) is 6.08 Å². The number of carbonyl (C=O) groups is 1. The molecule has 0 bridgehead atoms. The molecule has 110 valence electrons. The van der Waals surface area contributed by atoms with Crippen molar-refractivity contribution >= 4 is 46.6 Å². The van der Waals surface area contributed by atoms with Crippen LogP contribution in [0, 0.1) is 6.92 Å². The summed E-state index contributed by atoms with van der Waals surface area (Å²) < 4.78 is 0. The number of nitrogens with zero attached hydrogens (tertiary/aromatic N) is 1. The van der Waals surface area contributed by atoms with Crippen LogP contribution in [0.2, 0.25) is 5.02 Å². The Labute approximate surface area is 139 Å². The molecule has 1 N–H and O–H groups in total. The number of halogens is 1. The van der Waals surface area contributed by atoms with Crippen molar-refractivity contribution in [1.29, 1.82) is 0 Å². The molecule has 5 heteroatoms. The van der Waals surface area contributed by atoms with Crippen molar-refractivity contribution in [3.05, 3.63) is 70.4 Å². The van der Waals surface area contributed by atoms with Crippen LogP contribution >= 0.6 is 23.8 Å². The summed E-state index contributed by atoms with van der Waals surface area (Å²) in [7, 11) is 0. The van der Waals surface area contributed by atoms with Crippen LogP contribution in [0.5, 0.6) is 0 Å². The Morgan fingerprint density at radius 1 is 1.14 bits per heavy atom. The highest BCUT2D eigenvalue weighted by Gasteiger charge is 2.33. The zero-order valence-corrected chi connectivity index (χ0v) is 13.4. The lowest BCUT2D eigenvalue weighted by Crippen LogP contribution is -2.30. The summed E-state index contributed by atoms with van der Waals surface area (Å²) in [4.78, 5) is 14.1. The van der Waals surface area contributed by atoms with Gasteiger partial charge >= 0.3 is 0 Å². The van der Waals surface area contributed by atoms with Crippen molar-refractivity contribution in [1.82, 2.24) is 5.32 Å². The fourth-order valence-electron chi connectivity index (χ4n) is 2.29. The van der Waals surface area contributed by atoms with Crippen LogP contribution in [0.3, 0.4) is 0 Å². The van der Waals surface area contributed by atoms with Gasteiger partial charge in [0.25, 0.3) is 5.91 Å². The maximum atomic E-state index is 12.6. The standard InChI is InChI=1S/C17H13ClN2OS/c1-11-6-2-3-7-12(11)10-14-16(21)20(17(22)19-14)15-9-5-4-8-13(15)18/h2-10H,1H3,(H,19,22)/b14-10-. The number of hydrogen-bond donors (Lipinski definition) is 1. The second-order valence-electron chi connectivity index (χ2n) is 4.94. The van der Waals surface area contributed by atoms with Gasteiger partial charge in [-0.05, 0) is 48.5 Å². The molecule has 3 nitrogen and oxygen atoms in total. The summed E-state index contributed by atoms with van der Waals surface area (Å²) >= 11 is 11.4. The number of para-hydroxylation sites is 1. The monoisotopic (exact) mass is 328 g/mol. The first kappa shape index (κ1) is 14.8. The van der Waals surface area contributed by atoms with Crippen molar-refractivity contribution < 1.29 is 4.79 Å². The van der Waals surface area contributed by atoms with E-state index in [0.29, 0.717) is 21.5 Å². The highest BCUT2D eigenvalue weighted by Crippen LogP contribution is 2.29. The van der Waals surface area contributed by atoms with Gasteiger partial charge in [-0.25, -0.2) is 0 Å². The molecule has 0 saturated carbocycles. The zero-order chi connectivity index (χ0) is 15.7. The Morgan fingerprint density at radius 3 is 2.55 bits per heavy atom. The SMILES string of the molecule is Cc1ccccc1/C=C1\NC(=S)N(c2ccccc2Cl)C1=O. The average molecular weight is 329 g/mol. The van der Waals surface area contributed by atoms with Gasteiger partial charge < -0.3 is 5.32 Å². The Kier molecular flexibility index (Phi) is 3.96. The number of anilines is 1. The Morgan fingerprint density at radius 2 is 1.82 bits per heavy atom. The molecule has 22 heavy (non-hydrogen) atoms. The topological polar surface area (TPSA) is 32.3 Å². The quantitative estimate of drug-likeness (QED) is 0.670. The fourth-order valence-corrected chi connectivity index (χ4v) is 2.80. The first-order valence-corrected chi connectivity index (χ1v) is 7.54. The largest absolute Gasteiger partial charge is 0.327 e. The molecule has 2 aromatic rings. The van der Waals surface area contributed by atoms with E-state index in [0.717, 1.165) is 11.1 Å². The van der Waals surface area contributed by atoms with Gasteiger partial charge in [0, 0.05) is 0 Å². The molecular formula is C17H13ClN2OS. The Bertz CT molecular complexity index is 801. The molecule has 0 unspecified atom stereocenters. The zero-order valence-electron chi connectivity index (χ0n) is 11.8. The third-order valence-electron chi connectivity index (χ3n) is 3.46. The second kappa shape index (κ2) is 5.91. The predicted molar refractivity (Wildman–Crippen MR) is 93.8 cm³/mol. The van der Waals surface area contributed by atoms with E-state index in [9.17, 15) is 4.79 Å². The normalized spacial score (nSPS) is 16.3. The van der Waals surface area contributed by atoms with E-state index in [1.165, 1.54) is 4.90 Å². The van der Waals surface area contributed by atoms with Gasteiger partial charge in [-0.15, -0.1) is 0 Å². The summed E-state index contributed by atoms with van der Waals surface area (Å²) in [5.41, 5.74) is 3.09. The lowest BCUT2D eigenvalue weighted by molar-refractivity contribution is -0.113. The summed E-state index contributed by atoms with van der Waals surface area (Å²) in [6, 6.07) is 15.0. The van der Waals surface area contributed by atoms with Gasteiger partial charge in [-0.2, -0.15) is 0 Å². The fraction of sp³-hybridized carbons (Fsp3) is 0.0588. The van der Waals surface area contributed by atoms with Crippen molar-refractivity contribution in [2.24, 2.45) is 0 Å². The minimum atomic E-state index is -0.207. The van der Waals surface area contributed by atoms with Crippen LogP contribution in [0.4, 0.5) is 5.69 Å². The third-order valence-corrected chi connectivity index (χ3v) is 4.06. The maximum Gasteiger partial charge on any atom is 0.281 e. The van der Waals surface area contributed by atoms with Gasteiger partial charge in [0.2, 0.25) is 0 Å². The van der Waals surface area contributed by atoms with Crippen LogP contribution < -0.4 is 10.2 Å². The van der Waals surface area contributed by atoms with Gasteiger partial charge in [-0.1, -0.05) is 48.0 Å². The summed E-state index contributed by atoms with van der Waals surface area (Å²) in [6.45, 7) is 2.00. The van der Waals surface area contributed by atoms with E-state index < -0.39 is 0 Å². The minimum Gasteiger partial charge on any atom is -0.327 e. The van der Waals surface area contributed by atoms with Gasteiger partial charge in [0.1, 0.15) is 5.70 Å². The number of benzene rings is 2. The number of rotatable bonds is 2. The number of aryl methyl sites for hydroxylation is 1. The van der Waals surface area contributed by atoms with E-state index in [1.807, 2.05) is 43.3 Å². The van der Waals surface area contributed by atoms with E-state index in [1.54, 1.807) is 18.2 Å². The molecular weight excluding hydrogens is 316 g/mol. The first-order valence-electron chi connectivity index (χ1n) is 6.75. The number of carbonyl (C=O) groups excluding carboxylic acids is 1. The molecule has 1 aliphatic rings. The molecule has 3 rings (SSSR count). The van der Waals surface area contributed by atoms with Crippen LogP contribution in [0.1, 0.15) is 11.1 Å². The smallest absolute Gasteiger partial charge is 0.281 e. The second-order valence-corrected chi connectivity index (χ2v) is 5.73. The molecule has 1 heterocycles. The first-order chi connectivity index (χ1) is 10.6. The Hall–Kier alpha value is -2.17. The minimum absolute atomic E-state index is 0.207. The van der Waals surface area contributed by atoms with Crippen LogP contribution in [0.15, 0.2) is 54.2 Å². The van der Waals surface area contributed by atoms with E-state index in [2.05, 4.69) is 5.32 Å². The van der Waals surface area contributed by atoms with Crippen molar-refractivity contribution in [2.45, 2.75) is 6.92 Å². The number of hydrogen-bond acceptors (Lipinski definition) is 2. The number of amides is 1. The highest BCUT2D eigenvalue weighted by atomic mass is 35.5. The molecule has 0 aromatic heterocycles. The van der Waals surface area contributed by atoms with E-state index in [-0.39, 0.29) is 5.91 Å². The summed E-state index contributed by atoms with van der Waals surface area (Å²) in [5.74, 6) is -0.207. The van der Waals surface area contributed by atoms with Gasteiger partial charge in [0.15, 0.2) is 5.11 Å². The van der Waals surface area contributed by atoms with Crippen molar-refractivity contribution in [3.8, 4) is 0 Å². The lowest BCUT2D eigenvalue weighted by atomic mass is 10.1. The molecule has 0 spiro atoms. The third kappa shape index (κ3) is 2.63. The summed E-state index contributed by atoms with van der Waals surface area (Å²) in [6.07, 6.45) is 1.81. The molecule has 2 aromatic carbocycles. The summed E-state index contributed by atoms with van der Waals surface area (Å²) in [5, 5.41) is 3.78. The molecule has 0 aliphatic carbocycles. The van der Waals surface area contributed by atoms with Gasteiger partial charge in [0.05, 0.1) is 10.7 Å². The molecule has 1 fully saturated rings. The van der Waals surface area contributed by atoms with Crippen LogP contribution in [-0.4, -0.2) is 11.0 Å². The van der Waals surface area contributed by atoms with Crippen LogP contribution in [-0.2, 0) is 4.79 Å². The molecule has 1 aliphatic heterocycles. The number of nitrogens with one attached hydrogen (secondary N) is 1. The van der Waals surface area contributed by atoms with Crippen molar-refractivity contribution in [3.63, 3.8) is 0 Å². The average Bonchev–Trinajstić information content (AvgIpc) is 2.77. The molecule has 0 atom stereocenters. The van der Waals surface area contributed by atoms with Crippen molar-refractivity contribution in [2.75, 3.05) is 4.90 Å². The number of thiocarbonyl (C=S) groups is 1.